The summed E-state index contributed by atoms with van der Waals surface area (Å²) in [4.78, 5) is 11.8. The van der Waals surface area contributed by atoms with Crippen LogP contribution in [0.25, 0.3) is 0 Å². The van der Waals surface area contributed by atoms with E-state index in [1.807, 2.05) is 0 Å². The van der Waals surface area contributed by atoms with Gasteiger partial charge in [0.1, 0.15) is 0 Å². The van der Waals surface area contributed by atoms with E-state index in [1.165, 1.54) is 7.05 Å². The summed E-state index contributed by atoms with van der Waals surface area (Å²) in [5, 5.41) is 2.54. The van der Waals surface area contributed by atoms with Crippen molar-refractivity contribution in [1.82, 2.24) is 10.0 Å². The van der Waals surface area contributed by atoms with Crippen molar-refractivity contribution in [3.8, 4) is 0 Å². The molecule has 0 atom stereocenters. The lowest BCUT2D eigenvalue weighted by Crippen LogP contribution is -2.57. The van der Waals surface area contributed by atoms with Gasteiger partial charge in [0.25, 0.3) is 0 Å². The summed E-state index contributed by atoms with van der Waals surface area (Å²) in [6.07, 6.45) is 0.912. The van der Waals surface area contributed by atoms with Crippen LogP contribution < -0.4 is 15.8 Å². The highest BCUT2D eigenvalue weighted by Gasteiger charge is 2.35. The number of carbonyl (C=O) groups excluding carboxylic acids is 1. The Labute approximate surface area is 101 Å². The van der Waals surface area contributed by atoms with Crippen LogP contribution in [0.4, 0.5) is 0 Å². The Morgan fingerprint density at radius 2 is 2.00 bits per heavy atom. The van der Waals surface area contributed by atoms with Crippen molar-refractivity contribution in [2.45, 2.75) is 18.4 Å². The van der Waals surface area contributed by atoms with E-state index in [2.05, 4.69) is 10.0 Å². The first-order chi connectivity index (χ1) is 7.90. The predicted molar refractivity (Wildman–Crippen MR) is 62.8 cm³/mol. The Balaban J connectivity index is 2.39. The van der Waals surface area contributed by atoms with E-state index >= 15 is 0 Å². The molecule has 0 bridgehead atoms. The standard InChI is InChI=1S/C9H19N3O4S/c1-11-17(14,15)7-4-12-8(13)9(10)2-5-16-6-3-9/h11H,2-7,10H2,1H3,(H,12,13). The van der Waals surface area contributed by atoms with E-state index in [9.17, 15) is 13.2 Å². The summed E-state index contributed by atoms with van der Waals surface area (Å²) in [7, 11) is -1.96. The van der Waals surface area contributed by atoms with Crippen LogP contribution in [-0.4, -0.2) is 52.4 Å². The van der Waals surface area contributed by atoms with Crippen molar-refractivity contribution < 1.29 is 17.9 Å². The van der Waals surface area contributed by atoms with Gasteiger partial charge < -0.3 is 15.8 Å². The van der Waals surface area contributed by atoms with Gasteiger partial charge in [0.05, 0.1) is 11.3 Å². The van der Waals surface area contributed by atoms with E-state index in [0.29, 0.717) is 26.1 Å². The average molecular weight is 265 g/mol. The van der Waals surface area contributed by atoms with E-state index in [1.54, 1.807) is 0 Å². The molecule has 1 amide bonds. The topological polar surface area (TPSA) is 111 Å². The van der Waals surface area contributed by atoms with Gasteiger partial charge in [0.15, 0.2) is 0 Å². The van der Waals surface area contributed by atoms with E-state index in [-0.39, 0.29) is 18.2 Å². The van der Waals surface area contributed by atoms with E-state index in [4.69, 9.17) is 10.5 Å². The Morgan fingerprint density at radius 1 is 1.41 bits per heavy atom. The minimum absolute atomic E-state index is 0.0574. The highest BCUT2D eigenvalue weighted by atomic mass is 32.2. The molecule has 0 aromatic heterocycles. The lowest BCUT2D eigenvalue weighted by molar-refractivity contribution is -0.129. The summed E-state index contributed by atoms with van der Waals surface area (Å²) in [6.45, 7) is 0.972. The van der Waals surface area contributed by atoms with Crippen molar-refractivity contribution in [3.05, 3.63) is 0 Å². The van der Waals surface area contributed by atoms with Crippen LogP contribution in [0.2, 0.25) is 0 Å². The minimum atomic E-state index is -3.30. The number of amides is 1. The van der Waals surface area contributed by atoms with E-state index < -0.39 is 15.6 Å². The first-order valence-corrected chi connectivity index (χ1v) is 7.11. The largest absolute Gasteiger partial charge is 0.381 e. The van der Waals surface area contributed by atoms with Crippen molar-refractivity contribution in [1.29, 1.82) is 0 Å². The molecular formula is C9H19N3O4S. The predicted octanol–water partition coefficient (Wildman–Crippen LogP) is -1.84. The van der Waals surface area contributed by atoms with Gasteiger partial charge in [-0.3, -0.25) is 4.79 Å². The zero-order valence-electron chi connectivity index (χ0n) is 9.86. The molecule has 8 heteroatoms. The SMILES string of the molecule is CNS(=O)(=O)CCNC(=O)C1(N)CCOCC1. The summed E-state index contributed by atoms with van der Waals surface area (Å²) in [6, 6.07) is 0. The molecule has 0 unspecified atom stereocenters. The van der Waals surface area contributed by atoms with Crippen LogP contribution in [0.5, 0.6) is 0 Å². The van der Waals surface area contributed by atoms with Gasteiger partial charge in [0.2, 0.25) is 15.9 Å². The molecule has 1 fully saturated rings. The van der Waals surface area contributed by atoms with Crippen molar-refractivity contribution in [2.24, 2.45) is 5.73 Å². The third-order valence-corrected chi connectivity index (χ3v) is 4.17. The molecule has 17 heavy (non-hydrogen) atoms. The first kappa shape index (κ1) is 14.4. The smallest absolute Gasteiger partial charge is 0.240 e. The quantitative estimate of drug-likeness (QED) is 0.541. The Kier molecular flexibility index (Phi) is 4.87. The van der Waals surface area contributed by atoms with Crippen LogP contribution in [0.1, 0.15) is 12.8 Å². The number of hydrogen-bond donors (Lipinski definition) is 3. The second-order valence-corrected chi connectivity index (χ2v) is 6.09. The second-order valence-electron chi connectivity index (χ2n) is 4.05. The molecule has 0 radical (unpaired) electrons. The number of nitrogens with one attached hydrogen (secondary N) is 2. The normalized spacial score (nSPS) is 19.9. The minimum Gasteiger partial charge on any atom is -0.381 e. The molecule has 1 saturated heterocycles. The molecule has 0 spiro atoms. The highest BCUT2D eigenvalue weighted by molar-refractivity contribution is 7.89. The molecule has 0 aromatic rings. The van der Waals surface area contributed by atoms with Crippen molar-refractivity contribution in [3.63, 3.8) is 0 Å². The van der Waals surface area contributed by atoms with Crippen LogP contribution >= 0.6 is 0 Å². The maximum atomic E-state index is 11.8. The molecule has 0 aromatic carbocycles. The zero-order chi connectivity index (χ0) is 12.9. The number of nitrogens with two attached hydrogens (primary N) is 1. The Bertz CT molecular complexity index is 362. The maximum absolute atomic E-state index is 11.8. The number of ether oxygens (including phenoxy) is 1. The van der Waals surface area contributed by atoms with Gasteiger partial charge in [-0.05, 0) is 19.9 Å². The number of carbonyl (C=O) groups is 1. The van der Waals surface area contributed by atoms with Crippen molar-refractivity contribution >= 4 is 15.9 Å². The molecule has 0 saturated carbocycles. The number of hydrogen-bond acceptors (Lipinski definition) is 5. The molecule has 1 rings (SSSR count). The zero-order valence-corrected chi connectivity index (χ0v) is 10.7. The summed E-state index contributed by atoms with van der Waals surface area (Å²) < 4.78 is 29.5. The third-order valence-electron chi connectivity index (χ3n) is 2.80. The van der Waals surface area contributed by atoms with Gasteiger partial charge >= 0.3 is 0 Å². The molecule has 0 aliphatic carbocycles. The van der Waals surface area contributed by atoms with Crippen molar-refractivity contribution in [2.75, 3.05) is 32.6 Å². The lowest BCUT2D eigenvalue weighted by atomic mass is 9.90. The third kappa shape index (κ3) is 4.23. The fourth-order valence-corrected chi connectivity index (χ4v) is 2.11. The van der Waals surface area contributed by atoms with Crippen LogP contribution in [0.15, 0.2) is 0 Å². The monoisotopic (exact) mass is 265 g/mol. The molecule has 4 N–H and O–H groups in total. The first-order valence-electron chi connectivity index (χ1n) is 5.46. The summed E-state index contributed by atoms with van der Waals surface area (Å²) in [5.74, 6) is -0.464. The second kappa shape index (κ2) is 5.76. The lowest BCUT2D eigenvalue weighted by Gasteiger charge is -2.31. The van der Waals surface area contributed by atoms with E-state index in [0.717, 1.165) is 0 Å². The van der Waals surface area contributed by atoms with Gasteiger partial charge in [-0.1, -0.05) is 0 Å². The molecule has 1 aliphatic rings. The average Bonchev–Trinajstić information content (AvgIpc) is 2.29. The van der Waals surface area contributed by atoms with Gasteiger partial charge in [-0.15, -0.1) is 0 Å². The van der Waals surface area contributed by atoms with Gasteiger partial charge in [-0.2, -0.15) is 0 Å². The molecule has 7 nitrogen and oxygen atoms in total. The summed E-state index contributed by atoms with van der Waals surface area (Å²) in [5.41, 5.74) is 5.00. The molecular weight excluding hydrogens is 246 g/mol. The Hall–Kier alpha value is -0.700. The fourth-order valence-electron chi connectivity index (χ4n) is 1.54. The van der Waals surface area contributed by atoms with Crippen LogP contribution in [0, 0.1) is 0 Å². The fraction of sp³-hybridized carbons (Fsp3) is 0.889. The molecule has 1 heterocycles. The highest BCUT2D eigenvalue weighted by Crippen LogP contribution is 2.17. The van der Waals surface area contributed by atoms with Crippen LogP contribution in [0.3, 0.4) is 0 Å². The summed E-state index contributed by atoms with van der Waals surface area (Å²) >= 11 is 0. The van der Waals surface area contributed by atoms with Gasteiger partial charge in [-0.25, -0.2) is 13.1 Å². The van der Waals surface area contributed by atoms with Crippen LogP contribution in [-0.2, 0) is 19.6 Å². The Morgan fingerprint density at radius 3 is 2.53 bits per heavy atom. The number of rotatable bonds is 5. The number of sulfonamides is 1. The van der Waals surface area contributed by atoms with Gasteiger partial charge in [0, 0.05) is 19.8 Å². The maximum Gasteiger partial charge on any atom is 0.240 e. The molecule has 100 valence electrons. The molecule has 1 aliphatic heterocycles.